The van der Waals surface area contributed by atoms with E-state index in [-0.39, 0.29) is 12.3 Å². The Balaban J connectivity index is 2.97. The number of carboxylic acids is 1. The topological polar surface area (TPSA) is 83.6 Å². The maximum atomic E-state index is 12.1. The molecule has 0 spiro atoms. The van der Waals surface area contributed by atoms with Gasteiger partial charge in [-0.05, 0) is 38.1 Å². The first-order chi connectivity index (χ1) is 8.69. The molecule has 1 aromatic carbocycles. The molecule has 0 bridgehead atoms. The average molecular weight is 285 g/mol. The monoisotopic (exact) mass is 284 g/mol. The lowest BCUT2D eigenvalue weighted by Gasteiger charge is -2.25. The lowest BCUT2D eigenvalue weighted by Crippen LogP contribution is -2.43. The molecule has 3 N–H and O–H groups in total. The van der Waals surface area contributed by atoms with Gasteiger partial charge in [-0.25, -0.2) is 0 Å². The zero-order valence-corrected chi connectivity index (χ0v) is 11.6. The summed E-state index contributed by atoms with van der Waals surface area (Å²) in [5.74, 6) is -1.42. The fourth-order valence-electron chi connectivity index (χ4n) is 1.56. The van der Waals surface area contributed by atoms with Gasteiger partial charge in [0.15, 0.2) is 0 Å². The summed E-state index contributed by atoms with van der Waals surface area (Å²) in [6.45, 7) is 3.02. The number of hydrogen-bond acceptors (Lipinski definition) is 3. The fourth-order valence-corrected chi connectivity index (χ4v) is 1.69. The summed E-state index contributed by atoms with van der Waals surface area (Å²) in [6.07, 6.45) is 0.0584. The first-order valence-electron chi connectivity index (χ1n) is 5.75. The van der Waals surface area contributed by atoms with E-state index in [0.29, 0.717) is 10.7 Å². The molecule has 6 heteroatoms. The second-order valence-electron chi connectivity index (χ2n) is 5.02. The van der Waals surface area contributed by atoms with Gasteiger partial charge in [-0.3, -0.25) is 9.59 Å². The van der Waals surface area contributed by atoms with Gasteiger partial charge in [-0.1, -0.05) is 11.6 Å². The van der Waals surface area contributed by atoms with Gasteiger partial charge < -0.3 is 15.7 Å². The minimum absolute atomic E-state index is 0.0584. The highest BCUT2D eigenvalue weighted by atomic mass is 35.5. The number of carbonyl (C=O) groups is 2. The SMILES string of the molecule is CC(C)(N)CC(=O)N(CC(=O)O)c1ccc(Cl)cc1. The Hall–Kier alpha value is -1.59. The third-order valence-corrected chi connectivity index (χ3v) is 2.59. The van der Waals surface area contributed by atoms with Crippen molar-refractivity contribution in [1.82, 2.24) is 0 Å². The van der Waals surface area contributed by atoms with Crippen molar-refractivity contribution >= 4 is 29.2 Å². The van der Waals surface area contributed by atoms with E-state index in [4.69, 9.17) is 22.4 Å². The third-order valence-electron chi connectivity index (χ3n) is 2.34. The number of anilines is 1. The summed E-state index contributed by atoms with van der Waals surface area (Å²) in [5.41, 5.74) is 5.58. The summed E-state index contributed by atoms with van der Waals surface area (Å²) >= 11 is 5.77. The van der Waals surface area contributed by atoms with Crippen molar-refractivity contribution in [3.8, 4) is 0 Å². The molecule has 0 fully saturated rings. The largest absolute Gasteiger partial charge is 0.480 e. The van der Waals surface area contributed by atoms with Crippen LogP contribution in [-0.4, -0.2) is 29.1 Å². The Morgan fingerprint density at radius 2 is 1.84 bits per heavy atom. The van der Waals surface area contributed by atoms with Gasteiger partial charge >= 0.3 is 5.97 Å². The molecular formula is C13H17ClN2O3. The van der Waals surface area contributed by atoms with E-state index >= 15 is 0 Å². The summed E-state index contributed by atoms with van der Waals surface area (Å²) < 4.78 is 0. The quantitative estimate of drug-likeness (QED) is 0.865. The Morgan fingerprint density at radius 3 is 2.26 bits per heavy atom. The number of amides is 1. The van der Waals surface area contributed by atoms with Crippen LogP contribution in [0.15, 0.2) is 24.3 Å². The van der Waals surface area contributed by atoms with Crippen molar-refractivity contribution in [2.45, 2.75) is 25.8 Å². The lowest BCUT2D eigenvalue weighted by atomic mass is 10.0. The normalized spacial score (nSPS) is 11.2. The van der Waals surface area contributed by atoms with Gasteiger partial charge in [0.25, 0.3) is 0 Å². The highest BCUT2D eigenvalue weighted by Crippen LogP contribution is 2.20. The van der Waals surface area contributed by atoms with Crippen LogP contribution in [-0.2, 0) is 9.59 Å². The van der Waals surface area contributed by atoms with Crippen LogP contribution in [0.3, 0.4) is 0 Å². The van der Waals surface area contributed by atoms with Crippen LogP contribution in [0.2, 0.25) is 5.02 Å². The van der Waals surface area contributed by atoms with Crippen molar-refractivity contribution in [1.29, 1.82) is 0 Å². The zero-order valence-electron chi connectivity index (χ0n) is 10.9. The summed E-state index contributed by atoms with van der Waals surface area (Å²) in [7, 11) is 0. The summed E-state index contributed by atoms with van der Waals surface area (Å²) in [6, 6.07) is 6.42. The molecule has 0 saturated carbocycles. The molecule has 1 rings (SSSR count). The molecule has 1 aromatic rings. The number of rotatable bonds is 5. The molecule has 104 valence electrons. The molecule has 0 radical (unpaired) electrons. The third kappa shape index (κ3) is 5.28. The van der Waals surface area contributed by atoms with Crippen molar-refractivity contribution in [3.05, 3.63) is 29.3 Å². The van der Waals surface area contributed by atoms with Crippen LogP contribution in [0.1, 0.15) is 20.3 Å². The van der Waals surface area contributed by atoms with Crippen LogP contribution in [0.4, 0.5) is 5.69 Å². The van der Waals surface area contributed by atoms with Crippen LogP contribution in [0, 0.1) is 0 Å². The van der Waals surface area contributed by atoms with Gasteiger partial charge in [0.05, 0.1) is 0 Å². The van der Waals surface area contributed by atoms with E-state index in [2.05, 4.69) is 0 Å². The molecule has 0 aliphatic heterocycles. The van der Waals surface area contributed by atoms with Gasteiger partial charge in [0, 0.05) is 22.7 Å². The number of halogens is 1. The van der Waals surface area contributed by atoms with Gasteiger partial charge in [0.1, 0.15) is 6.54 Å². The fraction of sp³-hybridized carbons (Fsp3) is 0.385. The van der Waals surface area contributed by atoms with Crippen LogP contribution >= 0.6 is 11.6 Å². The highest BCUT2D eigenvalue weighted by Gasteiger charge is 2.24. The Labute approximate surface area is 117 Å². The number of nitrogens with zero attached hydrogens (tertiary/aromatic N) is 1. The smallest absolute Gasteiger partial charge is 0.323 e. The molecule has 0 aliphatic rings. The maximum absolute atomic E-state index is 12.1. The second-order valence-corrected chi connectivity index (χ2v) is 5.45. The molecule has 0 aliphatic carbocycles. The van der Waals surface area contributed by atoms with Crippen molar-refractivity contribution in [2.24, 2.45) is 5.73 Å². The van der Waals surface area contributed by atoms with Gasteiger partial charge in [-0.15, -0.1) is 0 Å². The van der Waals surface area contributed by atoms with Crippen molar-refractivity contribution < 1.29 is 14.7 Å². The van der Waals surface area contributed by atoms with Crippen molar-refractivity contribution in [3.63, 3.8) is 0 Å². The average Bonchev–Trinajstić information content (AvgIpc) is 2.24. The number of benzene rings is 1. The molecule has 0 unspecified atom stereocenters. The zero-order chi connectivity index (χ0) is 14.6. The predicted molar refractivity (Wildman–Crippen MR) is 74.3 cm³/mol. The van der Waals surface area contributed by atoms with Crippen LogP contribution < -0.4 is 10.6 Å². The first kappa shape index (κ1) is 15.5. The highest BCUT2D eigenvalue weighted by molar-refractivity contribution is 6.30. The molecule has 0 atom stereocenters. The predicted octanol–water partition coefficient (Wildman–Crippen LogP) is 1.88. The molecule has 19 heavy (non-hydrogen) atoms. The molecule has 1 amide bonds. The van der Waals surface area contributed by atoms with Crippen molar-refractivity contribution in [2.75, 3.05) is 11.4 Å². The second kappa shape index (κ2) is 6.04. The number of hydrogen-bond donors (Lipinski definition) is 2. The lowest BCUT2D eigenvalue weighted by molar-refractivity contribution is -0.136. The Morgan fingerprint density at radius 1 is 1.32 bits per heavy atom. The van der Waals surface area contributed by atoms with E-state index in [1.807, 2.05) is 0 Å². The van der Waals surface area contributed by atoms with E-state index in [9.17, 15) is 9.59 Å². The van der Waals surface area contributed by atoms with Gasteiger partial charge in [0.2, 0.25) is 5.91 Å². The summed E-state index contributed by atoms with van der Waals surface area (Å²) in [5, 5.41) is 9.41. The molecule has 5 nitrogen and oxygen atoms in total. The van der Waals surface area contributed by atoms with E-state index in [1.54, 1.807) is 38.1 Å². The minimum atomic E-state index is -1.09. The minimum Gasteiger partial charge on any atom is -0.480 e. The molecule has 0 aromatic heterocycles. The summed E-state index contributed by atoms with van der Waals surface area (Å²) in [4.78, 5) is 24.2. The van der Waals surface area contributed by atoms with Gasteiger partial charge in [-0.2, -0.15) is 0 Å². The number of aliphatic carboxylic acids is 1. The van der Waals surface area contributed by atoms with Crippen LogP contribution in [0.5, 0.6) is 0 Å². The molecular weight excluding hydrogens is 268 g/mol. The Bertz CT molecular complexity index is 466. The van der Waals surface area contributed by atoms with Crippen LogP contribution in [0.25, 0.3) is 0 Å². The number of nitrogens with two attached hydrogens (primary N) is 1. The molecule has 0 saturated heterocycles. The van der Waals surface area contributed by atoms with E-state index in [0.717, 1.165) is 0 Å². The number of carboxylic acid groups (broad SMARTS) is 1. The van der Waals surface area contributed by atoms with E-state index in [1.165, 1.54) is 4.90 Å². The first-order valence-corrected chi connectivity index (χ1v) is 6.13. The van der Waals surface area contributed by atoms with E-state index < -0.39 is 18.1 Å². The number of carbonyl (C=O) groups excluding carboxylic acids is 1. The Kier molecular flexibility index (Phi) is 4.91. The standard InChI is InChI=1S/C13H17ClN2O3/c1-13(2,15)7-11(17)16(8-12(18)19)10-5-3-9(14)4-6-10/h3-6H,7-8,15H2,1-2H3,(H,18,19). The maximum Gasteiger partial charge on any atom is 0.323 e. The molecule has 0 heterocycles.